The van der Waals surface area contributed by atoms with Gasteiger partial charge in [0.15, 0.2) is 0 Å². The van der Waals surface area contributed by atoms with Crippen LogP contribution in [0.5, 0.6) is 0 Å². The van der Waals surface area contributed by atoms with Gasteiger partial charge in [0, 0.05) is 16.9 Å². The first-order valence-electron chi connectivity index (χ1n) is 6.23. The first-order valence-corrected chi connectivity index (χ1v) is 6.60. The molecule has 0 bridgehead atoms. The standard InChI is InChI=1S/C14H14ClN3O3/c1-8-3-4-11(5-12(8)15)17-13(19)10-6-16-18(7-10)9(2)14(20)21/h3-7,9H,1-2H3,(H,17,19)(H,20,21). The topological polar surface area (TPSA) is 84.2 Å². The van der Waals surface area contributed by atoms with Gasteiger partial charge in [-0.05, 0) is 31.5 Å². The molecule has 21 heavy (non-hydrogen) atoms. The molecule has 1 atom stereocenters. The Balaban J connectivity index is 2.13. The summed E-state index contributed by atoms with van der Waals surface area (Å²) in [6.07, 6.45) is 2.72. The maximum atomic E-state index is 12.1. The number of rotatable bonds is 4. The molecule has 0 radical (unpaired) electrons. The minimum Gasteiger partial charge on any atom is -0.480 e. The molecule has 1 aromatic carbocycles. The third kappa shape index (κ3) is 3.41. The van der Waals surface area contributed by atoms with Gasteiger partial charge in [0.2, 0.25) is 0 Å². The second kappa shape index (κ2) is 5.97. The van der Waals surface area contributed by atoms with Crippen LogP contribution in [0.25, 0.3) is 0 Å². The lowest BCUT2D eigenvalue weighted by Gasteiger charge is -2.06. The minimum atomic E-state index is -1.02. The fourth-order valence-electron chi connectivity index (χ4n) is 1.65. The van der Waals surface area contributed by atoms with E-state index in [9.17, 15) is 9.59 Å². The Kier molecular flexibility index (Phi) is 4.28. The molecular weight excluding hydrogens is 294 g/mol. The highest BCUT2D eigenvalue weighted by Gasteiger charge is 2.16. The summed E-state index contributed by atoms with van der Waals surface area (Å²) in [5, 5.41) is 16.0. The van der Waals surface area contributed by atoms with Crippen molar-refractivity contribution in [1.29, 1.82) is 0 Å². The van der Waals surface area contributed by atoms with Crippen molar-refractivity contribution in [3.05, 3.63) is 46.7 Å². The van der Waals surface area contributed by atoms with Gasteiger partial charge in [-0.3, -0.25) is 9.48 Å². The van der Waals surface area contributed by atoms with Crippen molar-refractivity contribution >= 4 is 29.2 Å². The summed E-state index contributed by atoms with van der Waals surface area (Å²) in [5.41, 5.74) is 1.76. The highest BCUT2D eigenvalue weighted by Crippen LogP contribution is 2.20. The van der Waals surface area contributed by atoms with E-state index < -0.39 is 12.0 Å². The number of anilines is 1. The predicted molar refractivity (Wildman–Crippen MR) is 78.7 cm³/mol. The molecule has 1 heterocycles. The van der Waals surface area contributed by atoms with Crippen molar-refractivity contribution in [2.75, 3.05) is 5.32 Å². The second-order valence-corrected chi connectivity index (χ2v) is 5.05. The Hall–Kier alpha value is -2.34. The fourth-order valence-corrected chi connectivity index (χ4v) is 1.83. The number of aromatic nitrogens is 2. The van der Waals surface area contributed by atoms with Gasteiger partial charge in [-0.1, -0.05) is 17.7 Å². The van der Waals surface area contributed by atoms with Crippen LogP contribution in [0, 0.1) is 6.92 Å². The summed E-state index contributed by atoms with van der Waals surface area (Å²) < 4.78 is 1.22. The van der Waals surface area contributed by atoms with Crippen LogP contribution in [0.2, 0.25) is 5.02 Å². The van der Waals surface area contributed by atoms with Crippen LogP contribution in [-0.4, -0.2) is 26.8 Å². The van der Waals surface area contributed by atoms with Gasteiger partial charge >= 0.3 is 5.97 Å². The number of hydrogen-bond donors (Lipinski definition) is 2. The van der Waals surface area contributed by atoms with Crippen LogP contribution in [0.4, 0.5) is 5.69 Å². The van der Waals surface area contributed by atoms with Gasteiger partial charge in [0.25, 0.3) is 5.91 Å². The quantitative estimate of drug-likeness (QED) is 0.909. The average Bonchev–Trinajstić information content (AvgIpc) is 2.91. The Morgan fingerprint density at radius 3 is 2.76 bits per heavy atom. The van der Waals surface area contributed by atoms with Crippen LogP contribution >= 0.6 is 11.6 Å². The number of halogens is 1. The number of benzene rings is 1. The smallest absolute Gasteiger partial charge is 0.328 e. The van der Waals surface area contributed by atoms with E-state index in [0.717, 1.165) is 5.56 Å². The van der Waals surface area contributed by atoms with Crippen molar-refractivity contribution in [3.8, 4) is 0 Å². The molecule has 6 nitrogen and oxygen atoms in total. The monoisotopic (exact) mass is 307 g/mol. The highest BCUT2D eigenvalue weighted by atomic mass is 35.5. The number of nitrogens with zero attached hydrogens (tertiary/aromatic N) is 2. The van der Waals surface area contributed by atoms with Crippen LogP contribution in [0.1, 0.15) is 28.9 Å². The lowest BCUT2D eigenvalue weighted by atomic mass is 10.2. The SMILES string of the molecule is Cc1ccc(NC(=O)c2cnn(C(C)C(=O)O)c2)cc1Cl. The number of carboxylic acids is 1. The molecule has 0 saturated carbocycles. The van der Waals surface area contributed by atoms with Crippen molar-refractivity contribution in [3.63, 3.8) is 0 Å². The molecule has 1 aromatic heterocycles. The summed E-state index contributed by atoms with van der Waals surface area (Å²) >= 11 is 5.99. The fraction of sp³-hybridized carbons (Fsp3) is 0.214. The van der Waals surface area contributed by atoms with Gasteiger partial charge in [-0.2, -0.15) is 5.10 Å². The average molecular weight is 308 g/mol. The van der Waals surface area contributed by atoms with Gasteiger partial charge in [0.1, 0.15) is 6.04 Å². The third-order valence-corrected chi connectivity index (χ3v) is 3.45. The van der Waals surface area contributed by atoms with Gasteiger partial charge in [-0.15, -0.1) is 0 Å². The van der Waals surface area contributed by atoms with Crippen LogP contribution in [0.3, 0.4) is 0 Å². The number of carbonyl (C=O) groups is 2. The molecule has 2 N–H and O–H groups in total. The number of hydrogen-bond acceptors (Lipinski definition) is 3. The number of carboxylic acid groups (broad SMARTS) is 1. The van der Waals surface area contributed by atoms with Gasteiger partial charge in [-0.25, -0.2) is 4.79 Å². The Morgan fingerprint density at radius 2 is 2.14 bits per heavy atom. The zero-order valence-corrected chi connectivity index (χ0v) is 12.3. The number of nitrogens with one attached hydrogen (secondary N) is 1. The lowest BCUT2D eigenvalue weighted by Crippen LogP contribution is -2.16. The van der Waals surface area contributed by atoms with E-state index in [1.807, 2.05) is 6.92 Å². The Labute approximate surface area is 126 Å². The Morgan fingerprint density at radius 1 is 1.43 bits per heavy atom. The van der Waals surface area contributed by atoms with Crippen molar-refractivity contribution < 1.29 is 14.7 Å². The molecule has 0 saturated heterocycles. The summed E-state index contributed by atoms with van der Waals surface area (Å²) in [4.78, 5) is 22.9. The van der Waals surface area contributed by atoms with E-state index in [1.54, 1.807) is 18.2 Å². The lowest BCUT2D eigenvalue weighted by molar-refractivity contribution is -0.140. The van der Waals surface area contributed by atoms with Crippen LogP contribution in [0.15, 0.2) is 30.6 Å². The van der Waals surface area contributed by atoms with E-state index in [-0.39, 0.29) is 11.5 Å². The summed E-state index contributed by atoms with van der Waals surface area (Å²) in [6, 6.07) is 4.36. The molecule has 110 valence electrons. The van der Waals surface area contributed by atoms with E-state index in [2.05, 4.69) is 10.4 Å². The second-order valence-electron chi connectivity index (χ2n) is 4.64. The van der Waals surface area contributed by atoms with E-state index in [1.165, 1.54) is 24.0 Å². The molecule has 0 aliphatic rings. The van der Waals surface area contributed by atoms with E-state index in [4.69, 9.17) is 16.7 Å². The number of aryl methyl sites for hydroxylation is 1. The van der Waals surface area contributed by atoms with Crippen molar-refractivity contribution in [1.82, 2.24) is 9.78 Å². The maximum absolute atomic E-state index is 12.1. The predicted octanol–water partition coefficient (Wildman–Crippen LogP) is 2.74. The van der Waals surface area contributed by atoms with E-state index >= 15 is 0 Å². The third-order valence-electron chi connectivity index (χ3n) is 3.05. The molecule has 0 aliphatic heterocycles. The van der Waals surface area contributed by atoms with Crippen molar-refractivity contribution in [2.45, 2.75) is 19.9 Å². The normalized spacial score (nSPS) is 12.0. The van der Waals surface area contributed by atoms with E-state index in [0.29, 0.717) is 10.7 Å². The summed E-state index contributed by atoms with van der Waals surface area (Å²) in [5.74, 6) is -1.39. The largest absolute Gasteiger partial charge is 0.480 e. The zero-order valence-electron chi connectivity index (χ0n) is 11.5. The Bertz CT molecular complexity index is 697. The number of amides is 1. The zero-order chi connectivity index (χ0) is 15.6. The molecule has 0 aliphatic carbocycles. The molecular formula is C14H14ClN3O3. The molecule has 0 fully saturated rings. The minimum absolute atomic E-state index is 0.278. The number of carbonyl (C=O) groups excluding carboxylic acids is 1. The first-order chi connectivity index (χ1) is 9.88. The maximum Gasteiger partial charge on any atom is 0.328 e. The molecule has 2 rings (SSSR count). The van der Waals surface area contributed by atoms with Gasteiger partial charge < -0.3 is 10.4 Å². The summed E-state index contributed by atoms with van der Waals surface area (Å²) in [7, 11) is 0. The molecule has 0 spiro atoms. The molecule has 7 heteroatoms. The molecule has 1 amide bonds. The van der Waals surface area contributed by atoms with Crippen LogP contribution in [-0.2, 0) is 4.79 Å². The number of aliphatic carboxylic acids is 1. The van der Waals surface area contributed by atoms with Crippen LogP contribution < -0.4 is 5.32 Å². The van der Waals surface area contributed by atoms with Crippen molar-refractivity contribution in [2.24, 2.45) is 0 Å². The molecule has 2 aromatic rings. The summed E-state index contributed by atoms with van der Waals surface area (Å²) in [6.45, 7) is 3.35. The highest BCUT2D eigenvalue weighted by molar-refractivity contribution is 6.31. The first kappa shape index (κ1) is 15.1. The van der Waals surface area contributed by atoms with Gasteiger partial charge in [0.05, 0.1) is 11.8 Å². The molecule has 1 unspecified atom stereocenters.